The predicted molar refractivity (Wildman–Crippen MR) is 97.1 cm³/mol. The molecule has 1 aliphatic heterocycles. The minimum absolute atomic E-state index is 0.264. The third kappa shape index (κ3) is 3.04. The lowest BCUT2D eigenvalue weighted by molar-refractivity contribution is 0.190. The Morgan fingerprint density at radius 3 is 2.96 bits per heavy atom. The maximum absolute atomic E-state index is 10.7. The van der Waals surface area contributed by atoms with Crippen molar-refractivity contribution in [2.75, 3.05) is 26.7 Å². The molecule has 3 heterocycles. The molecule has 0 amide bonds. The summed E-state index contributed by atoms with van der Waals surface area (Å²) >= 11 is 0. The molecule has 0 spiro atoms. The molecule has 0 radical (unpaired) electrons. The standard InChI is InChI=1S/C19H27N5O/c1-3-22(2)15-9-11-23(13-15)14-7-8-17-16(12-14)19(25)24(21-17)18-6-4-5-10-20-18/h4-6,10,14-15,25H,3,7-9,11-13H2,1-2H3. The lowest BCUT2D eigenvalue weighted by Gasteiger charge is -2.31. The molecule has 2 unspecified atom stereocenters. The Bertz CT molecular complexity index is 729. The number of likely N-dealkylation sites (tertiary alicyclic amines) is 1. The van der Waals surface area contributed by atoms with Crippen molar-refractivity contribution in [3.8, 4) is 11.7 Å². The molecule has 1 saturated heterocycles. The first kappa shape index (κ1) is 16.5. The Kier molecular flexibility index (Phi) is 4.48. The first-order valence-electron chi connectivity index (χ1n) is 9.32. The van der Waals surface area contributed by atoms with Gasteiger partial charge in [0.25, 0.3) is 0 Å². The van der Waals surface area contributed by atoms with E-state index in [-0.39, 0.29) is 5.88 Å². The minimum atomic E-state index is 0.264. The van der Waals surface area contributed by atoms with Crippen molar-refractivity contribution in [1.29, 1.82) is 0 Å². The molecular weight excluding hydrogens is 314 g/mol. The van der Waals surface area contributed by atoms with Gasteiger partial charge in [-0.05, 0) is 51.4 Å². The van der Waals surface area contributed by atoms with Gasteiger partial charge in [-0.25, -0.2) is 4.98 Å². The highest BCUT2D eigenvalue weighted by Crippen LogP contribution is 2.33. The molecule has 1 fully saturated rings. The number of likely N-dealkylation sites (N-methyl/N-ethyl adjacent to an activating group) is 1. The number of hydrogen-bond acceptors (Lipinski definition) is 5. The largest absolute Gasteiger partial charge is 0.493 e. The van der Waals surface area contributed by atoms with E-state index < -0.39 is 0 Å². The van der Waals surface area contributed by atoms with Gasteiger partial charge >= 0.3 is 0 Å². The van der Waals surface area contributed by atoms with Crippen molar-refractivity contribution in [2.45, 2.75) is 44.7 Å². The average Bonchev–Trinajstić information content (AvgIpc) is 3.27. The average molecular weight is 341 g/mol. The number of nitrogens with zero attached hydrogens (tertiary/aromatic N) is 5. The van der Waals surface area contributed by atoms with Crippen molar-refractivity contribution < 1.29 is 5.11 Å². The summed E-state index contributed by atoms with van der Waals surface area (Å²) in [7, 11) is 2.22. The van der Waals surface area contributed by atoms with E-state index in [4.69, 9.17) is 0 Å². The summed E-state index contributed by atoms with van der Waals surface area (Å²) in [6.07, 6.45) is 5.91. The van der Waals surface area contributed by atoms with Gasteiger partial charge in [0.05, 0.1) is 5.69 Å². The Labute approximate surface area is 149 Å². The van der Waals surface area contributed by atoms with Crippen LogP contribution in [0.5, 0.6) is 5.88 Å². The van der Waals surface area contributed by atoms with E-state index in [1.807, 2.05) is 18.2 Å². The molecule has 0 aromatic carbocycles. The highest BCUT2D eigenvalue weighted by Gasteiger charge is 2.34. The number of aryl methyl sites for hydroxylation is 1. The molecule has 1 N–H and O–H groups in total. The molecule has 2 aromatic heterocycles. The fourth-order valence-corrected chi connectivity index (χ4v) is 4.20. The van der Waals surface area contributed by atoms with Crippen LogP contribution in [0, 0.1) is 0 Å². The van der Waals surface area contributed by atoms with Crippen LogP contribution in [0.25, 0.3) is 5.82 Å². The molecule has 0 bridgehead atoms. The second-order valence-electron chi connectivity index (χ2n) is 7.26. The smallest absolute Gasteiger partial charge is 0.219 e. The molecule has 2 aromatic rings. The van der Waals surface area contributed by atoms with Gasteiger partial charge in [0, 0.05) is 36.9 Å². The van der Waals surface area contributed by atoms with E-state index in [0.717, 1.165) is 50.2 Å². The van der Waals surface area contributed by atoms with Crippen LogP contribution < -0.4 is 0 Å². The van der Waals surface area contributed by atoms with Gasteiger partial charge in [-0.15, -0.1) is 0 Å². The number of aromatic nitrogens is 3. The van der Waals surface area contributed by atoms with Crippen molar-refractivity contribution in [3.63, 3.8) is 0 Å². The van der Waals surface area contributed by atoms with Crippen LogP contribution in [0.3, 0.4) is 0 Å². The third-order valence-electron chi connectivity index (χ3n) is 5.89. The fraction of sp³-hybridized carbons (Fsp3) is 0.579. The summed E-state index contributed by atoms with van der Waals surface area (Å²) in [5.74, 6) is 0.941. The van der Waals surface area contributed by atoms with E-state index in [1.54, 1.807) is 10.9 Å². The zero-order valence-electron chi connectivity index (χ0n) is 15.1. The number of pyridine rings is 1. The lowest BCUT2D eigenvalue weighted by Crippen LogP contribution is -2.40. The van der Waals surface area contributed by atoms with Crippen molar-refractivity contribution in [2.24, 2.45) is 0 Å². The van der Waals surface area contributed by atoms with Crippen LogP contribution in [-0.4, -0.2) is 68.4 Å². The fourth-order valence-electron chi connectivity index (χ4n) is 4.20. The second-order valence-corrected chi connectivity index (χ2v) is 7.26. The Hall–Kier alpha value is -1.92. The highest BCUT2D eigenvalue weighted by atomic mass is 16.3. The maximum Gasteiger partial charge on any atom is 0.219 e. The van der Waals surface area contributed by atoms with Crippen LogP contribution in [0.2, 0.25) is 0 Å². The van der Waals surface area contributed by atoms with Gasteiger partial charge in [-0.3, -0.25) is 4.90 Å². The van der Waals surface area contributed by atoms with Gasteiger partial charge < -0.3 is 10.0 Å². The van der Waals surface area contributed by atoms with Crippen LogP contribution in [0.15, 0.2) is 24.4 Å². The Morgan fingerprint density at radius 1 is 1.32 bits per heavy atom. The molecule has 25 heavy (non-hydrogen) atoms. The van der Waals surface area contributed by atoms with Crippen LogP contribution >= 0.6 is 0 Å². The SMILES string of the molecule is CCN(C)C1CCN(C2CCc3nn(-c4ccccn4)c(O)c3C2)C1. The first-order chi connectivity index (χ1) is 12.2. The van der Waals surface area contributed by atoms with Gasteiger partial charge in [-0.1, -0.05) is 13.0 Å². The summed E-state index contributed by atoms with van der Waals surface area (Å²) < 4.78 is 1.59. The Morgan fingerprint density at radius 2 is 2.20 bits per heavy atom. The predicted octanol–water partition coefficient (Wildman–Crippen LogP) is 1.86. The van der Waals surface area contributed by atoms with E-state index in [2.05, 4.69) is 33.9 Å². The van der Waals surface area contributed by atoms with Crippen LogP contribution in [-0.2, 0) is 12.8 Å². The molecule has 134 valence electrons. The van der Waals surface area contributed by atoms with E-state index >= 15 is 0 Å². The summed E-state index contributed by atoms with van der Waals surface area (Å²) in [6, 6.07) is 6.84. The van der Waals surface area contributed by atoms with E-state index in [9.17, 15) is 5.11 Å². The molecule has 4 rings (SSSR count). The number of fused-ring (bicyclic) bond motifs is 1. The normalized spacial score (nSPS) is 24.0. The quantitative estimate of drug-likeness (QED) is 0.920. The zero-order chi connectivity index (χ0) is 17.4. The van der Waals surface area contributed by atoms with Gasteiger partial charge in [0.15, 0.2) is 5.82 Å². The van der Waals surface area contributed by atoms with Crippen LogP contribution in [0.4, 0.5) is 0 Å². The monoisotopic (exact) mass is 341 g/mol. The topological polar surface area (TPSA) is 57.4 Å². The molecule has 6 nitrogen and oxygen atoms in total. The third-order valence-corrected chi connectivity index (χ3v) is 5.89. The van der Waals surface area contributed by atoms with Gasteiger partial charge in [0.1, 0.15) is 0 Å². The zero-order valence-corrected chi connectivity index (χ0v) is 15.1. The summed E-state index contributed by atoms with van der Waals surface area (Å²) in [4.78, 5) is 9.37. The van der Waals surface area contributed by atoms with E-state index in [1.165, 1.54) is 6.42 Å². The number of hydrogen-bond donors (Lipinski definition) is 1. The van der Waals surface area contributed by atoms with Crippen molar-refractivity contribution in [1.82, 2.24) is 24.6 Å². The maximum atomic E-state index is 10.7. The molecule has 2 atom stereocenters. The highest BCUT2D eigenvalue weighted by molar-refractivity contribution is 5.39. The van der Waals surface area contributed by atoms with E-state index in [0.29, 0.717) is 17.9 Å². The summed E-state index contributed by atoms with van der Waals surface area (Å²) in [5, 5.41) is 15.3. The molecular formula is C19H27N5O. The number of aromatic hydroxyl groups is 1. The first-order valence-corrected chi connectivity index (χ1v) is 9.32. The lowest BCUT2D eigenvalue weighted by atomic mass is 9.92. The molecule has 2 aliphatic rings. The summed E-state index contributed by atoms with van der Waals surface area (Å²) in [5.41, 5.74) is 2.04. The van der Waals surface area contributed by atoms with Crippen molar-refractivity contribution >= 4 is 0 Å². The minimum Gasteiger partial charge on any atom is -0.493 e. The van der Waals surface area contributed by atoms with Crippen molar-refractivity contribution in [3.05, 3.63) is 35.7 Å². The number of rotatable bonds is 4. The van der Waals surface area contributed by atoms with Crippen LogP contribution in [0.1, 0.15) is 31.0 Å². The summed E-state index contributed by atoms with van der Waals surface area (Å²) in [6.45, 7) is 5.62. The molecule has 1 aliphatic carbocycles. The molecule has 6 heteroatoms. The van der Waals surface area contributed by atoms with Gasteiger partial charge in [0.2, 0.25) is 5.88 Å². The van der Waals surface area contributed by atoms with Gasteiger partial charge in [-0.2, -0.15) is 9.78 Å². The second kappa shape index (κ2) is 6.77. The Balaban J connectivity index is 1.51. The molecule has 0 saturated carbocycles.